The van der Waals surface area contributed by atoms with E-state index in [0.29, 0.717) is 17.5 Å². The lowest BCUT2D eigenvalue weighted by Crippen LogP contribution is -2.04. The molecule has 11 rings (SSSR count). The van der Waals surface area contributed by atoms with Gasteiger partial charge < -0.3 is 8.98 Å². The first kappa shape index (κ1) is 32.3. The van der Waals surface area contributed by atoms with Gasteiger partial charge in [-0.15, -0.1) is 0 Å². The van der Waals surface area contributed by atoms with Crippen LogP contribution >= 0.6 is 0 Å². The van der Waals surface area contributed by atoms with Crippen LogP contribution in [0.25, 0.3) is 94.5 Å². The van der Waals surface area contributed by atoms with Crippen LogP contribution in [0.2, 0.25) is 0 Å². The first-order valence-corrected chi connectivity index (χ1v) is 19.4. The van der Waals surface area contributed by atoms with Crippen molar-refractivity contribution in [1.82, 2.24) is 19.5 Å². The van der Waals surface area contributed by atoms with E-state index in [9.17, 15) is 0 Å². The number of hydrogen-bond acceptors (Lipinski definition) is 4. The summed E-state index contributed by atoms with van der Waals surface area (Å²) in [5.41, 5.74) is 12.8. The van der Waals surface area contributed by atoms with Crippen molar-refractivity contribution in [3.8, 4) is 39.6 Å². The molecule has 0 bridgehead atoms. The van der Waals surface area contributed by atoms with Gasteiger partial charge in [-0.25, -0.2) is 15.0 Å². The molecule has 6 aromatic carbocycles. The Morgan fingerprint density at radius 2 is 1.30 bits per heavy atom. The van der Waals surface area contributed by atoms with Gasteiger partial charge in [-0.3, -0.25) is 0 Å². The molecule has 5 heteroatoms. The van der Waals surface area contributed by atoms with Gasteiger partial charge >= 0.3 is 0 Å². The zero-order chi connectivity index (χ0) is 37.0. The Morgan fingerprint density at radius 3 is 2.20 bits per heavy atom. The molecule has 0 N–H and O–H groups in total. The standard InChI is InChI=1S/C51H36N4O/c1-4-15-33(16-5-1)36-21-12-22-37(31-36)50-52-49(35-19-8-3-9-20-35)53-51(54-50)42-25-14-28-45-48(42)41-30-29-38(32-46(41)56-45)55-43-26-11-10-23-40(43)47-39(24-13-27-44(47)55)34-17-6-2-7-18-34/h1,3-6,8,10-19,21-32H,2,7,9,20H2. The van der Waals surface area contributed by atoms with E-state index in [1.54, 1.807) is 0 Å². The highest BCUT2D eigenvalue weighted by atomic mass is 16.3. The molecular weight excluding hydrogens is 685 g/mol. The molecule has 0 radical (unpaired) electrons. The molecule has 56 heavy (non-hydrogen) atoms. The maximum absolute atomic E-state index is 6.70. The van der Waals surface area contributed by atoms with Crippen LogP contribution in [0, 0.1) is 0 Å². The third kappa shape index (κ3) is 5.43. The van der Waals surface area contributed by atoms with Crippen LogP contribution < -0.4 is 0 Å². The summed E-state index contributed by atoms with van der Waals surface area (Å²) < 4.78 is 9.07. The fourth-order valence-corrected chi connectivity index (χ4v) is 8.52. The van der Waals surface area contributed by atoms with Crippen molar-refractivity contribution < 1.29 is 4.42 Å². The molecule has 3 heterocycles. The normalized spacial score (nSPS) is 14.2. The largest absolute Gasteiger partial charge is 0.456 e. The molecule has 2 aliphatic carbocycles. The Morgan fingerprint density at radius 1 is 0.518 bits per heavy atom. The molecule has 0 aliphatic heterocycles. The Balaban J connectivity index is 1.08. The monoisotopic (exact) mass is 720 g/mol. The summed E-state index contributed by atoms with van der Waals surface area (Å²) in [5.74, 6) is 1.98. The van der Waals surface area contributed by atoms with Gasteiger partial charge in [0.1, 0.15) is 11.2 Å². The summed E-state index contributed by atoms with van der Waals surface area (Å²) >= 11 is 0. The van der Waals surface area contributed by atoms with Crippen molar-refractivity contribution in [2.45, 2.75) is 25.7 Å². The highest BCUT2D eigenvalue weighted by Crippen LogP contribution is 2.41. The summed E-state index contributed by atoms with van der Waals surface area (Å²) in [6, 6.07) is 47.0. The van der Waals surface area contributed by atoms with Crippen LogP contribution in [0.3, 0.4) is 0 Å². The number of benzene rings is 6. The molecule has 0 saturated heterocycles. The fraction of sp³-hybridized carbons (Fsp3) is 0.0784. The Hall–Kier alpha value is -7.11. The van der Waals surface area contributed by atoms with Crippen molar-refractivity contribution in [1.29, 1.82) is 0 Å². The molecule has 3 aromatic heterocycles. The number of allylic oxidation sites excluding steroid dienone is 8. The van der Waals surface area contributed by atoms with E-state index in [4.69, 9.17) is 19.4 Å². The second kappa shape index (κ2) is 13.3. The number of hydrogen-bond donors (Lipinski definition) is 0. The first-order valence-electron chi connectivity index (χ1n) is 19.4. The predicted octanol–water partition coefficient (Wildman–Crippen LogP) is 13.3. The first-order chi connectivity index (χ1) is 27.8. The zero-order valence-electron chi connectivity index (χ0n) is 30.7. The van der Waals surface area contributed by atoms with Crippen LogP contribution in [0.5, 0.6) is 0 Å². The molecule has 9 aromatic rings. The molecule has 0 atom stereocenters. The summed E-state index contributed by atoms with van der Waals surface area (Å²) in [7, 11) is 0. The number of furan rings is 1. The second-order valence-corrected chi connectivity index (χ2v) is 14.6. The number of rotatable bonds is 6. The average molecular weight is 721 g/mol. The van der Waals surface area contributed by atoms with Gasteiger partial charge in [-0.1, -0.05) is 127 Å². The number of fused-ring (bicyclic) bond motifs is 6. The third-order valence-corrected chi connectivity index (χ3v) is 11.1. The molecule has 0 amide bonds. The van der Waals surface area contributed by atoms with Crippen LogP contribution in [-0.4, -0.2) is 19.5 Å². The molecule has 0 saturated carbocycles. The average Bonchev–Trinajstić information content (AvgIpc) is 3.83. The van der Waals surface area contributed by atoms with Gasteiger partial charge in [0.15, 0.2) is 17.5 Å². The minimum Gasteiger partial charge on any atom is -0.456 e. The fourth-order valence-electron chi connectivity index (χ4n) is 8.52. The van der Waals surface area contributed by atoms with Gasteiger partial charge in [-0.05, 0) is 89.9 Å². The number of aromatic nitrogens is 4. The third-order valence-electron chi connectivity index (χ3n) is 11.1. The van der Waals surface area contributed by atoms with E-state index in [1.807, 2.05) is 18.2 Å². The summed E-state index contributed by atoms with van der Waals surface area (Å²) in [6.45, 7) is 0. The van der Waals surface area contributed by atoms with E-state index in [2.05, 4.69) is 156 Å². The Labute approximate surface area is 324 Å². The van der Waals surface area contributed by atoms with Gasteiger partial charge in [0.25, 0.3) is 0 Å². The summed E-state index contributed by atoms with van der Waals surface area (Å²) in [6.07, 6.45) is 17.3. The van der Waals surface area contributed by atoms with Crippen molar-refractivity contribution in [3.05, 3.63) is 181 Å². The van der Waals surface area contributed by atoms with E-state index in [-0.39, 0.29) is 0 Å². The summed E-state index contributed by atoms with van der Waals surface area (Å²) in [4.78, 5) is 15.4. The Kier molecular flexibility index (Phi) is 7.69. The molecule has 266 valence electrons. The highest BCUT2D eigenvalue weighted by molar-refractivity contribution is 6.15. The van der Waals surface area contributed by atoms with E-state index in [0.717, 1.165) is 81.1 Å². The maximum atomic E-state index is 6.70. The lowest BCUT2D eigenvalue weighted by molar-refractivity contribution is 0.668. The van der Waals surface area contributed by atoms with Crippen LogP contribution in [-0.2, 0) is 0 Å². The molecule has 2 aliphatic rings. The lowest BCUT2D eigenvalue weighted by Gasteiger charge is -2.12. The summed E-state index contributed by atoms with van der Waals surface area (Å²) in [5, 5.41) is 4.53. The van der Waals surface area contributed by atoms with E-state index < -0.39 is 0 Å². The van der Waals surface area contributed by atoms with E-state index >= 15 is 0 Å². The molecule has 0 spiro atoms. The Bertz CT molecular complexity index is 3140. The molecule has 5 nitrogen and oxygen atoms in total. The van der Waals surface area contributed by atoms with Crippen LogP contribution in [0.15, 0.2) is 174 Å². The van der Waals surface area contributed by atoms with Crippen LogP contribution in [0.4, 0.5) is 0 Å². The minimum absolute atomic E-state index is 0.629. The number of nitrogens with zero attached hydrogens (tertiary/aromatic N) is 4. The van der Waals surface area contributed by atoms with Gasteiger partial charge in [-0.2, -0.15) is 0 Å². The van der Waals surface area contributed by atoms with Gasteiger partial charge in [0.2, 0.25) is 0 Å². The zero-order valence-corrected chi connectivity index (χ0v) is 30.7. The van der Waals surface area contributed by atoms with Gasteiger partial charge in [0, 0.05) is 44.4 Å². The SMILES string of the molecule is C1=CCCC(c2nc(-c3cccc(-c4ccccc4)c3)nc(-c3cccc4oc5cc(-n6c7ccccc7c7c(C8=CCCC=C8)cccc76)ccc5c34)n2)=C1. The van der Waals surface area contributed by atoms with Crippen molar-refractivity contribution in [2.24, 2.45) is 0 Å². The number of para-hydroxylation sites is 1. The quantitative estimate of drug-likeness (QED) is 0.172. The molecule has 0 unspecified atom stereocenters. The molecule has 0 fully saturated rings. The highest BCUT2D eigenvalue weighted by Gasteiger charge is 2.21. The maximum Gasteiger partial charge on any atom is 0.164 e. The minimum atomic E-state index is 0.629. The van der Waals surface area contributed by atoms with Crippen molar-refractivity contribution in [2.75, 3.05) is 0 Å². The lowest BCUT2D eigenvalue weighted by atomic mass is 9.95. The smallest absolute Gasteiger partial charge is 0.164 e. The van der Waals surface area contributed by atoms with Crippen molar-refractivity contribution in [3.63, 3.8) is 0 Å². The molecular formula is C51H36N4O. The second-order valence-electron chi connectivity index (χ2n) is 14.6. The topological polar surface area (TPSA) is 56.7 Å². The van der Waals surface area contributed by atoms with Crippen molar-refractivity contribution >= 4 is 54.9 Å². The predicted molar refractivity (Wildman–Crippen MR) is 230 cm³/mol. The van der Waals surface area contributed by atoms with Gasteiger partial charge in [0.05, 0.1) is 11.0 Å². The van der Waals surface area contributed by atoms with E-state index in [1.165, 1.54) is 32.9 Å². The van der Waals surface area contributed by atoms with Crippen LogP contribution in [0.1, 0.15) is 37.1 Å².